The molecule has 54 heavy (non-hydrogen) atoms. The molecule has 0 fully saturated rings. The Bertz CT molecular complexity index is 2810. The number of nitrogens with zero attached hydrogens (tertiary/aromatic N) is 4. The van der Waals surface area contributed by atoms with Crippen LogP contribution in [0.25, 0.3) is 77.7 Å². The van der Waals surface area contributed by atoms with Gasteiger partial charge in [-0.15, -0.1) is 47.5 Å². The van der Waals surface area contributed by atoms with E-state index in [0.717, 1.165) is 66.7 Å². The van der Waals surface area contributed by atoms with E-state index < -0.39 is 0 Å². The Hall–Kier alpha value is -5.81. The molecule has 0 amide bonds. The van der Waals surface area contributed by atoms with Gasteiger partial charge in [0.25, 0.3) is 0 Å². The predicted octanol–water partition coefficient (Wildman–Crippen LogP) is 12.1. The standard InChI is InChI=1S/C28H20N3O.C20H18N.Ir/c1-16-13-25-20(9-7-17(2)30-25)14-24(16)19-11-12-29-26(15-19)23-6-4-5-21-22-10-8-18(3)31-28(22)32-27(21)23;1-14-9-10-18(20-11-15(2)16(3)13-21-20)12-19(14)17-7-5-4-6-8-17;/h4-5,7-15H,1-3H3;4-9,11-13H,1-3H3;/q2*-1;. The SMILES string of the molecule is Cc1ccc2cc(-c3ccnc(-c4[c-]ccc5c4oc4nc(C)ccc45)c3)c(C)cc2n1.Cc1cnc(-c2[c-]cc(C)c(-c3ccccc3)c2)cc1C.[Ir]. The van der Waals surface area contributed by atoms with Gasteiger partial charge >= 0.3 is 0 Å². The van der Waals surface area contributed by atoms with E-state index in [1.807, 2.05) is 62.6 Å². The fraction of sp³-hybridized carbons (Fsp3) is 0.125. The minimum atomic E-state index is 0. The van der Waals surface area contributed by atoms with Crippen molar-refractivity contribution in [2.45, 2.75) is 41.5 Å². The van der Waals surface area contributed by atoms with E-state index in [9.17, 15) is 0 Å². The van der Waals surface area contributed by atoms with E-state index in [2.05, 4.69) is 133 Å². The van der Waals surface area contributed by atoms with Crippen molar-refractivity contribution in [3.8, 4) is 44.8 Å². The summed E-state index contributed by atoms with van der Waals surface area (Å²) >= 11 is 0. The van der Waals surface area contributed by atoms with Gasteiger partial charge in [-0.1, -0.05) is 77.5 Å². The molecule has 6 heteroatoms. The van der Waals surface area contributed by atoms with Crippen LogP contribution in [0, 0.1) is 53.7 Å². The largest absolute Gasteiger partial charge is 0.486 e. The Morgan fingerprint density at radius 2 is 1.35 bits per heavy atom. The van der Waals surface area contributed by atoms with Gasteiger partial charge in [0.15, 0.2) is 0 Å². The van der Waals surface area contributed by atoms with Crippen LogP contribution in [-0.4, -0.2) is 19.9 Å². The Morgan fingerprint density at radius 3 is 2.17 bits per heavy atom. The van der Waals surface area contributed by atoms with Gasteiger partial charge in [-0.2, -0.15) is 0 Å². The molecule has 267 valence electrons. The summed E-state index contributed by atoms with van der Waals surface area (Å²) in [7, 11) is 0. The zero-order chi connectivity index (χ0) is 36.6. The summed E-state index contributed by atoms with van der Waals surface area (Å²) in [5, 5.41) is 3.16. The van der Waals surface area contributed by atoms with Crippen molar-refractivity contribution < 1.29 is 24.5 Å². The first-order valence-electron chi connectivity index (χ1n) is 17.8. The van der Waals surface area contributed by atoms with E-state index in [-0.39, 0.29) is 20.1 Å². The fourth-order valence-corrected chi connectivity index (χ4v) is 6.74. The molecule has 0 spiro atoms. The number of fused-ring (bicyclic) bond motifs is 4. The molecule has 0 unspecified atom stereocenters. The van der Waals surface area contributed by atoms with Crippen LogP contribution in [0.2, 0.25) is 0 Å². The first kappa shape index (κ1) is 36.5. The third-order valence-electron chi connectivity index (χ3n) is 9.83. The van der Waals surface area contributed by atoms with Gasteiger partial charge in [0, 0.05) is 54.7 Å². The van der Waals surface area contributed by atoms with E-state index in [0.29, 0.717) is 5.71 Å². The summed E-state index contributed by atoms with van der Waals surface area (Å²) in [6, 6.07) is 44.2. The number of furan rings is 1. The molecule has 9 rings (SSSR count). The summed E-state index contributed by atoms with van der Waals surface area (Å²) in [4.78, 5) is 18.4. The van der Waals surface area contributed by atoms with Crippen molar-refractivity contribution in [1.29, 1.82) is 0 Å². The van der Waals surface area contributed by atoms with Gasteiger partial charge in [0.05, 0.1) is 11.1 Å². The topological polar surface area (TPSA) is 64.7 Å². The Morgan fingerprint density at radius 1 is 0.574 bits per heavy atom. The third kappa shape index (κ3) is 7.23. The fourth-order valence-electron chi connectivity index (χ4n) is 6.74. The van der Waals surface area contributed by atoms with Crippen LogP contribution >= 0.6 is 0 Å². The van der Waals surface area contributed by atoms with Crippen molar-refractivity contribution >= 4 is 33.0 Å². The molecule has 9 aromatic rings. The maximum Gasteiger partial charge on any atom is 0.216 e. The van der Waals surface area contributed by atoms with Gasteiger partial charge in [0.2, 0.25) is 5.71 Å². The van der Waals surface area contributed by atoms with Gasteiger partial charge in [-0.3, -0.25) is 4.98 Å². The van der Waals surface area contributed by atoms with Crippen molar-refractivity contribution in [1.82, 2.24) is 19.9 Å². The molecule has 0 atom stereocenters. The second-order valence-electron chi connectivity index (χ2n) is 13.7. The molecule has 4 aromatic carbocycles. The number of hydrogen-bond acceptors (Lipinski definition) is 5. The summed E-state index contributed by atoms with van der Waals surface area (Å²) in [6.45, 7) is 12.4. The van der Waals surface area contributed by atoms with E-state index in [1.54, 1.807) is 0 Å². The molecule has 0 saturated carbocycles. The molecule has 5 heterocycles. The molecule has 0 bridgehead atoms. The minimum Gasteiger partial charge on any atom is -0.486 e. The molecule has 0 aliphatic carbocycles. The monoisotopic (exact) mass is 879 g/mol. The van der Waals surface area contributed by atoms with Crippen LogP contribution in [0.15, 0.2) is 126 Å². The van der Waals surface area contributed by atoms with Crippen LogP contribution in [0.3, 0.4) is 0 Å². The second-order valence-corrected chi connectivity index (χ2v) is 13.7. The average Bonchev–Trinajstić information content (AvgIpc) is 3.54. The van der Waals surface area contributed by atoms with E-state index in [4.69, 9.17) is 4.42 Å². The first-order valence-corrected chi connectivity index (χ1v) is 17.8. The molecule has 5 aromatic heterocycles. The smallest absolute Gasteiger partial charge is 0.216 e. The molecule has 0 aliphatic rings. The number of aryl methyl sites for hydroxylation is 6. The zero-order valence-corrected chi connectivity index (χ0v) is 33.5. The Kier molecular flexibility index (Phi) is 10.3. The van der Waals surface area contributed by atoms with Gasteiger partial charge in [-0.25, -0.2) is 4.98 Å². The number of pyridine rings is 4. The zero-order valence-electron chi connectivity index (χ0n) is 31.1. The molecule has 0 aliphatic heterocycles. The average molecular weight is 879 g/mol. The van der Waals surface area contributed by atoms with Crippen LogP contribution in [0.5, 0.6) is 0 Å². The molecular weight excluding hydrogens is 841 g/mol. The summed E-state index contributed by atoms with van der Waals surface area (Å²) in [6.07, 6.45) is 3.78. The van der Waals surface area contributed by atoms with E-state index in [1.165, 1.54) is 38.9 Å². The normalized spacial score (nSPS) is 11.0. The molecule has 1 radical (unpaired) electrons. The summed E-state index contributed by atoms with van der Waals surface area (Å²) in [5.41, 5.74) is 17.7. The molecular formula is C48H38IrN4O-2. The van der Waals surface area contributed by atoms with Crippen molar-refractivity contribution in [2.75, 3.05) is 0 Å². The van der Waals surface area contributed by atoms with Crippen LogP contribution < -0.4 is 0 Å². The van der Waals surface area contributed by atoms with Crippen molar-refractivity contribution in [2.24, 2.45) is 0 Å². The number of aromatic nitrogens is 4. The van der Waals surface area contributed by atoms with Crippen molar-refractivity contribution in [3.63, 3.8) is 0 Å². The molecule has 0 N–H and O–H groups in total. The van der Waals surface area contributed by atoms with E-state index >= 15 is 0 Å². The van der Waals surface area contributed by atoms with Crippen LogP contribution in [0.4, 0.5) is 0 Å². The van der Waals surface area contributed by atoms with Crippen LogP contribution in [-0.2, 0) is 20.1 Å². The third-order valence-corrected chi connectivity index (χ3v) is 9.83. The predicted molar refractivity (Wildman–Crippen MR) is 217 cm³/mol. The first-order chi connectivity index (χ1) is 25.7. The second kappa shape index (κ2) is 15.3. The maximum atomic E-state index is 6.17. The maximum absolute atomic E-state index is 6.17. The number of benzene rings is 4. The van der Waals surface area contributed by atoms with Crippen molar-refractivity contribution in [3.05, 3.63) is 167 Å². The Balaban J connectivity index is 0.000000178. The van der Waals surface area contributed by atoms with Gasteiger partial charge in [-0.05, 0) is 110 Å². The quantitative estimate of drug-likeness (QED) is 0.165. The molecule has 0 saturated heterocycles. The van der Waals surface area contributed by atoms with Crippen LogP contribution in [0.1, 0.15) is 33.6 Å². The van der Waals surface area contributed by atoms with Gasteiger partial charge in [0.1, 0.15) is 0 Å². The summed E-state index contributed by atoms with van der Waals surface area (Å²) in [5.74, 6) is 0. The number of hydrogen-bond donors (Lipinski definition) is 0. The minimum absolute atomic E-state index is 0. The number of rotatable bonds is 4. The Labute approximate surface area is 329 Å². The summed E-state index contributed by atoms with van der Waals surface area (Å²) < 4.78 is 6.17. The molecule has 5 nitrogen and oxygen atoms in total. The van der Waals surface area contributed by atoms with Gasteiger partial charge < -0.3 is 14.4 Å².